The number of aromatic nitrogens is 2. The molecule has 2 aliphatic heterocycles. The highest BCUT2D eigenvalue weighted by atomic mass is 16.4. The molecule has 0 atom stereocenters. The van der Waals surface area contributed by atoms with Crippen LogP contribution in [0.3, 0.4) is 0 Å². The van der Waals surface area contributed by atoms with Gasteiger partial charge < -0.3 is 30.2 Å². The number of carboxylic acid groups (broad SMARTS) is 4. The van der Waals surface area contributed by atoms with E-state index in [1.165, 1.54) is 49.0 Å². The summed E-state index contributed by atoms with van der Waals surface area (Å²) < 4.78 is 3.34. The predicted octanol–water partition coefficient (Wildman–Crippen LogP) is 2.73. The largest absolute Gasteiger partial charge is 0.473 e. The van der Waals surface area contributed by atoms with Gasteiger partial charge in [0.25, 0.3) is 5.56 Å². The number of likely N-dealkylation sites (tertiary alicyclic amines) is 1. The second-order valence-corrected chi connectivity index (χ2v) is 12.5. The first-order valence-electron chi connectivity index (χ1n) is 17.4. The standard InChI is InChI=1S/C32H45N5O2.2C2H2O4/c38-31-29-16-7-8-17-30(29)36(23-13-21-33-18-10-4-11-19-33)32(39)37(31)22-12-2-1-9-20-34-24-26-35(27-25-34)28-14-5-3-6-15-28;2*3-1(4)2(5)6/h3,5-8,14-17H,1-2,4,9-13,18-27H2;2*(H,3,4)(H,5,6). The fourth-order valence-corrected chi connectivity index (χ4v) is 6.25. The van der Waals surface area contributed by atoms with Crippen molar-refractivity contribution in [3.05, 3.63) is 75.4 Å². The number of nitrogens with zero attached hydrogens (tertiary/aromatic N) is 5. The van der Waals surface area contributed by atoms with Gasteiger partial charge in [0.2, 0.25) is 0 Å². The van der Waals surface area contributed by atoms with Crippen LogP contribution in [-0.2, 0) is 32.3 Å². The smallest absolute Gasteiger partial charge is 0.414 e. The third-order valence-electron chi connectivity index (χ3n) is 8.90. The first kappa shape index (κ1) is 40.4. The molecule has 4 N–H and O–H groups in total. The van der Waals surface area contributed by atoms with Crippen LogP contribution in [0.5, 0.6) is 0 Å². The third-order valence-corrected chi connectivity index (χ3v) is 8.90. The summed E-state index contributed by atoms with van der Waals surface area (Å²) >= 11 is 0. The molecule has 0 aliphatic carbocycles. The van der Waals surface area contributed by atoms with Gasteiger partial charge in [0.15, 0.2) is 0 Å². The number of piperidine rings is 1. The molecule has 0 saturated carbocycles. The number of benzene rings is 2. The van der Waals surface area contributed by atoms with Crippen LogP contribution in [0.1, 0.15) is 51.4 Å². The highest BCUT2D eigenvalue weighted by Crippen LogP contribution is 2.16. The van der Waals surface area contributed by atoms with Crippen LogP contribution >= 0.6 is 0 Å². The SMILES string of the molecule is O=C(O)C(=O)O.O=C(O)C(=O)O.O=c1c2ccccc2n(CCCN2CCCCC2)c(=O)n1CCCCCCN1CCN(c2ccccc2)CC1. The molecule has 3 heterocycles. The van der Waals surface area contributed by atoms with E-state index in [0.29, 0.717) is 18.5 Å². The molecule has 0 bridgehead atoms. The second-order valence-electron chi connectivity index (χ2n) is 12.5. The molecule has 15 heteroatoms. The predicted molar refractivity (Wildman–Crippen MR) is 191 cm³/mol. The molecular weight excluding hydrogens is 662 g/mol. The lowest BCUT2D eigenvalue weighted by molar-refractivity contribution is -0.159. The maximum atomic E-state index is 13.4. The number of fused-ring (bicyclic) bond motifs is 1. The number of anilines is 1. The fourth-order valence-electron chi connectivity index (χ4n) is 6.25. The van der Waals surface area contributed by atoms with Crippen LogP contribution in [0.15, 0.2) is 64.2 Å². The molecule has 2 aromatic carbocycles. The third kappa shape index (κ3) is 13.3. The summed E-state index contributed by atoms with van der Waals surface area (Å²) in [6, 6.07) is 18.3. The molecule has 0 radical (unpaired) electrons. The summed E-state index contributed by atoms with van der Waals surface area (Å²) in [4.78, 5) is 70.6. The van der Waals surface area contributed by atoms with Gasteiger partial charge in [0.1, 0.15) is 0 Å². The van der Waals surface area contributed by atoms with Crippen LogP contribution in [-0.4, -0.2) is 116 Å². The molecule has 0 unspecified atom stereocenters. The van der Waals surface area contributed by atoms with Crippen molar-refractivity contribution in [2.45, 2.75) is 64.5 Å². The van der Waals surface area contributed by atoms with Gasteiger partial charge >= 0.3 is 29.6 Å². The van der Waals surface area contributed by atoms with Gasteiger partial charge in [-0.2, -0.15) is 0 Å². The van der Waals surface area contributed by atoms with Gasteiger partial charge in [-0.1, -0.05) is 49.6 Å². The van der Waals surface area contributed by atoms with Crippen molar-refractivity contribution in [3.63, 3.8) is 0 Å². The van der Waals surface area contributed by atoms with Gasteiger partial charge in [0.05, 0.1) is 10.9 Å². The molecule has 1 aromatic heterocycles. The number of unbranched alkanes of at least 4 members (excludes halogenated alkanes) is 3. The lowest BCUT2D eigenvalue weighted by Crippen LogP contribution is -2.46. The Morgan fingerprint density at radius 3 is 1.59 bits per heavy atom. The molecule has 2 fully saturated rings. The number of piperazine rings is 1. The van der Waals surface area contributed by atoms with Gasteiger partial charge in [-0.05, 0) is 82.5 Å². The molecule has 51 heavy (non-hydrogen) atoms. The molecular formula is C36H49N5O10. The number of aliphatic carboxylic acids is 4. The van der Waals surface area contributed by atoms with Crippen LogP contribution in [0.2, 0.25) is 0 Å². The minimum absolute atomic E-state index is 0.140. The summed E-state index contributed by atoms with van der Waals surface area (Å²) in [7, 11) is 0. The normalized spacial score (nSPS) is 14.9. The van der Waals surface area contributed by atoms with Gasteiger partial charge in [-0.3, -0.25) is 18.8 Å². The van der Waals surface area contributed by atoms with E-state index in [4.69, 9.17) is 39.6 Å². The minimum Gasteiger partial charge on any atom is -0.473 e. The number of hydrogen-bond donors (Lipinski definition) is 4. The summed E-state index contributed by atoms with van der Waals surface area (Å²) in [5.74, 6) is -7.30. The second kappa shape index (κ2) is 21.3. The van der Waals surface area contributed by atoms with Crippen LogP contribution < -0.4 is 16.1 Å². The summed E-state index contributed by atoms with van der Waals surface area (Å²) in [6.45, 7) is 10.0. The number of para-hydroxylation sites is 2. The van der Waals surface area contributed by atoms with Crippen molar-refractivity contribution in [1.82, 2.24) is 18.9 Å². The highest BCUT2D eigenvalue weighted by Gasteiger charge is 2.17. The number of rotatable bonds is 12. The lowest BCUT2D eigenvalue weighted by atomic mass is 10.1. The Bertz CT molecular complexity index is 1650. The Morgan fingerprint density at radius 2 is 1.00 bits per heavy atom. The zero-order valence-corrected chi connectivity index (χ0v) is 28.9. The number of carboxylic acids is 4. The zero-order chi connectivity index (χ0) is 37.2. The van der Waals surface area contributed by atoms with E-state index in [9.17, 15) is 9.59 Å². The van der Waals surface area contributed by atoms with Crippen molar-refractivity contribution >= 4 is 40.5 Å². The molecule has 3 aromatic rings. The maximum Gasteiger partial charge on any atom is 0.414 e. The molecule has 5 rings (SSSR count). The first-order chi connectivity index (χ1) is 24.5. The van der Waals surface area contributed by atoms with E-state index in [1.807, 2.05) is 28.8 Å². The average molecular weight is 712 g/mol. The van der Waals surface area contributed by atoms with Gasteiger partial charge in [-0.25, -0.2) is 24.0 Å². The number of hydrogen-bond acceptors (Lipinski definition) is 9. The van der Waals surface area contributed by atoms with Crippen molar-refractivity contribution in [2.24, 2.45) is 0 Å². The van der Waals surface area contributed by atoms with Crippen LogP contribution in [0.4, 0.5) is 5.69 Å². The number of aryl methyl sites for hydroxylation is 1. The van der Waals surface area contributed by atoms with Gasteiger partial charge in [-0.15, -0.1) is 0 Å². The van der Waals surface area contributed by atoms with E-state index in [-0.39, 0.29) is 11.2 Å². The molecule has 15 nitrogen and oxygen atoms in total. The van der Waals surface area contributed by atoms with Crippen LogP contribution in [0.25, 0.3) is 10.9 Å². The van der Waals surface area contributed by atoms with Crippen LogP contribution in [0, 0.1) is 0 Å². The molecule has 0 spiro atoms. The Kier molecular flexibility index (Phi) is 16.8. The first-order valence-corrected chi connectivity index (χ1v) is 17.4. The molecule has 0 amide bonds. The molecule has 2 aliphatic rings. The van der Waals surface area contributed by atoms with E-state index in [2.05, 4.69) is 45.0 Å². The van der Waals surface area contributed by atoms with Crippen molar-refractivity contribution < 1.29 is 39.6 Å². The topological polar surface area (TPSA) is 203 Å². The van der Waals surface area contributed by atoms with E-state index >= 15 is 0 Å². The Balaban J connectivity index is 0.000000504. The highest BCUT2D eigenvalue weighted by molar-refractivity contribution is 6.27. The van der Waals surface area contributed by atoms with Gasteiger partial charge in [0, 0.05) is 45.0 Å². The Hall–Kier alpha value is -5.02. The Labute approximate surface area is 295 Å². The number of carbonyl (C=O) groups is 4. The Morgan fingerprint density at radius 1 is 0.510 bits per heavy atom. The van der Waals surface area contributed by atoms with Crippen molar-refractivity contribution in [1.29, 1.82) is 0 Å². The zero-order valence-electron chi connectivity index (χ0n) is 28.9. The molecule has 278 valence electrons. The van der Waals surface area contributed by atoms with E-state index in [0.717, 1.165) is 70.5 Å². The maximum absolute atomic E-state index is 13.4. The quantitative estimate of drug-likeness (QED) is 0.158. The van der Waals surface area contributed by atoms with Crippen molar-refractivity contribution in [2.75, 3.05) is 57.3 Å². The van der Waals surface area contributed by atoms with E-state index < -0.39 is 23.9 Å². The summed E-state index contributed by atoms with van der Waals surface area (Å²) in [5.41, 5.74) is 1.81. The monoisotopic (exact) mass is 711 g/mol. The minimum atomic E-state index is -1.82. The van der Waals surface area contributed by atoms with E-state index in [1.54, 1.807) is 0 Å². The summed E-state index contributed by atoms with van der Waals surface area (Å²) in [5, 5.41) is 30.2. The van der Waals surface area contributed by atoms with Crippen molar-refractivity contribution in [3.8, 4) is 0 Å². The lowest BCUT2D eigenvalue weighted by Gasteiger charge is -2.36. The summed E-state index contributed by atoms with van der Waals surface area (Å²) in [6.07, 6.45) is 9.01. The average Bonchev–Trinajstić information content (AvgIpc) is 3.14. The fraction of sp³-hybridized carbons (Fsp3) is 0.500. The molecule has 2 saturated heterocycles.